The van der Waals surface area contributed by atoms with E-state index in [2.05, 4.69) is 30.9 Å². The van der Waals surface area contributed by atoms with E-state index in [1.807, 2.05) is 30.3 Å². The Morgan fingerprint density at radius 3 is 2.46 bits per heavy atom. The number of nitrogens with one attached hydrogen (secondary N) is 1. The summed E-state index contributed by atoms with van der Waals surface area (Å²) < 4.78 is 18.6. The van der Waals surface area contributed by atoms with Crippen molar-refractivity contribution < 1.29 is 33.6 Å². The third kappa shape index (κ3) is 5.57. The Hall–Kier alpha value is -3.64. The highest BCUT2D eigenvalue weighted by atomic mass is 32.1. The summed E-state index contributed by atoms with van der Waals surface area (Å²) in [6.45, 7) is 7.90. The Morgan fingerprint density at radius 2 is 1.79 bits per heavy atom. The number of thiocarbonyl (C=S) groups is 1. The van der Waals surface area contributed by atoms with Gasteiger partial charge in [-0.2, -0.15) is 4.52 Å². The van der Waals surface area contributed by atoms with Gasteiger partial charge in [0.15, 0.2) is 17.0 Å². The number of fused-ring (bicyclic) bond motifs is 1. The van der Waals surface area contributed by atoms with Gasteiger partial charge in [0.25, 0.3) is 11.6 Å². The summed E-state index contributed by atoms with van der Waals surface area (Å²) >= 11 is 4.76. The van der Waals surface area contributed by atoms with E-state index in [0.717, 1.165) is 24.0 Å². The van der Waals surface area contributed by atoms with Crippen molar-refractivity contribution in [1.82, 2.24) is 19.5 Å². The molecule has 3 heterocycles. The Bertz CT molecular complexity index is 1320. The van der Waals surface area contributed by atoms with Gasteiger partial charge in [0.1, 0.15) is 6.10 Å². The molecular weight excluding hydrogens is 524 g/mol. The fraction of sp³-hybridized carbons (Fsp3) is 0.481. The van der Waals surface area contributed by atoms with Gasteiger partial charge in [-0.25, -0.2) is 14.6 Å². The second kappa shape index (κ2) is 11.6. The average Bonchev–Trinajstić information content (AvgIpc) is 3.48. The highest BCUT2D eigenvalue weighted by molar-refractivity contribution is 7.78. The van der Waals surface area contributed by atoms with E-state index >= 15 is 0 Å². The van der Waals surface area contributed by atoms with Crippen LogP contribution in [-0.2, 0) is 14.4 Å². The lowest BCUT2D eigenvalue weighted by Crippen LogP contribution is -2.42. The van der Waals surface area contributed by atoms with Crippen LogP contribution >= 0.6 is 12.2 Å². The molecule has 1 saturated carbocycles. The summed E-state index contributed by atoms with van der Waals surface area (Å²) in [6.07, 6.45) is 0.973. The first-order chi connectivity index (χ1) is 18.9. The highest BCUT2D eigenvalue weighted by Crippen LogP contribution is 2.41. The molecule has 2 fully saturated rings. The molecule has 2 aromatic heterocycles. The standard InChI is InChI=1S/C27H32N4O7S/c1-16-13-17(2)21(18(3)14-16)36-26(32)20-22(38-35-15-39)25(37-27(33)30-9-11-34-12-10-30)31-24(20)28-23(29-31)19-7-5-4-6-8-19/h4-8,15-18,21H,9-14H2,1-3H3,(H,28,29). The number of aromatic nitrogens is 3. The molecule has 1 aliphatic heterocycles. The zero-order valence-corrected chi connectivity index (χ0v) is 22.9. The summed E-state index contributed by atoms with van der Waals surface area (Å²) in [4.78, 5) is 43.4. The number of nitrogens with zero attached hydrogens (tertiary/aromatic N) is 3. The van der Waals surface area contributed by atoms with Crippen molar-refractivity contribution >= 4 is 35.5 Å². The van der Waals surface area contributed by atoms with Gasteiger partial charge >= 0.3 is 12.1 Å². The summed E-state index contributed by atoms with van der Waals surface area (Å²) in [6, 6.07) is 9.37. The Labute approximate surface area is 231 Å². The lowest BCUT2D eigenvalue weighted by Gasteiger charge is -2.37. The van der Waals surface area contributed by atoms with Gasteiger partial charge in [0.05, 0.1) is 13.2 Å². The number of hydrogen-bond donors (Lipinski definition) is 1. The lowest BCUT2D eigenvalue weighted by molar-refractivity contribution is -0.109. The van der Waals surface area contributed by atoms with Gasteiger partial charge < -0.3 is 19.1 Å². The molecular formula is C27H32N4O7S. The molecule has 208 valence electrons. The molecule has 2 atom stereocenters. The van der Waals surface area contributed by atoms with Crippen molar-refractivity contribution in [3.05, 3.63) is 35.9 Å². The van der Waals surface area contributed by atoms with Crippen LogP contribution in [0.1, 0.15) is 44.0 Å². The number of benzene rings is 1. The van der Waals surface area contributed by atoms with Crippen molar-refractivity contribution in [3.8, 4) is 23.0 Å². The molecule has 1 amide bonds. The minimum atomic E-state index is -0.659. The fourth-order valence-corrected chi connectivity index (χ4v) is 5.65. The zero-order valence-electron chi connectivity index (χ0n) is 22.1. The first kappa shape index (κ1) is 26.9. The van der Waals surface area contributed by atoms with Crippen LogP contribution in [0, 0.1) is 17.8 Å². The molecule has 2 unspecified atom stereocenters. The first-order valence-corrected chi connectivity index (χ1v) is 13.6. The minimum absolute atomic E-state index is 0.0342. The van der Waals surface area contributed by atoms with Crippen molar-refractivity contribution in [2.45, 2.75) is 39.7 Å². The maximum Gasteiger partial charge on any atom is 0.416 e. The van der Waals surface area contributed by atoms with Crippen molar-refractivity contribution in [3.63, 3.8) is 0 Å². The number of ether oxygens (including phenoxy) is 3. The van der Waals surface area contributed by atoms with Gasteiger partial charge in [-0.3, -0.25) is 14.9 Å². The smallest absolute Gasteiger partial charge is 0.416 e. The van der Waals surface area contributed by atoms with Crippen molar-refractivity contribution in [2.75, 3.05) is 26.3 Å². The zero-order chi connectivity index (χ0) is 27.5. The predicted molar refractivity (Wildman–Crippen MR) is 145 cm³/mol. The normalized spacial score (nSPS) is 23.3. The lowest BCUT2D eigenvalue weighted by atomic mass is 9.75. The molecule has 0 spiro atoms. The second-order valence-corrected chi connectivity index (χ2v) is 10.4. The summed E-state index contributed by atoms with van der Waals surface area (Å²) in [5.74, 6) is 0.415. The first-order valence-electron chi connectivity index (χ1n) is 13.1. The van der Waals surface area contributed by atoms with Crippen LogP contribution in [0.4, 0.5) is 4.79 Å². The Morgan fingerprint density at radius 1 is 1.10 bits per heavy atom. The maximum absolute atomic E-state index is 13.8. The van der Waals surface area contributed by atoms with E-state index in [9.17, 15) is 9.59 Å². The third-order valence-corrected chi connectivity index (χ3v) is 7.36. The molecule has 1 N–H and O–H groups in total. The van der Waals surface area contributed by atoms with Crippen LogP contribution in [0.3, 0.4) is 0 Å². The Kier molecular flexibility index (Phi) is 8.03. The number of hydrogen-bond acceptors (Lipinski definition) is 9. The number of carbonyl (C=O) groups is 2. The number of H-pyrrole nitrogens is 1. The topological polar surface area (TPSA) is 117 Å². The molecule has 2 aliphatic rings. The van der Waals surface area contributed by atoms with Crippen LogP contribution in [0.2, 0.25) is 0 Å². The number of rotatable bonds is 7. The molecule has 1 aromatic carbocycles. The SMILES string of the molecule is CC1CC(C)C(OC(=O)c2c(OOC=S)c(OC(=O)N3CCOCC3)n3[nH]c(-c4ccccc4)nc23)C(C)C1. The van der Waals surface area contributed by atoms with Gasteiger partial charge in [-0.05, 0) is 42.8 Å². The average molecular weight is 557 g/mol. The quantitative estimate of drug-likeness (QED) is 0.192. The summed E-state index contributed by atoms with van der Waals surface area (Å²) in [5.41, 5.74) is 1.79. The Balaban J connectivity index is 1.58. The van der Waals surface area contributed by atoms with Crippen LogP contribution in [-0.4, -0.2) is 69.5 Å². The molecule has 3 aromatic rings. The minimum Gasteiger partial charge on any atom is -0.458 e. The highest BCUT2D eigenvalue weighted by Gasteiger charge is 2.39. The fourth-order valence-electron chi connectivity index (χ4n) is 5.61. The van der Waals surface area contributed by atoms with Crippen LogP contribution in [0.5, 0.6) is 11.6 Å². The van der Waals surface area contributed by atoms with E-state index in [0.29, 0.717) is 38.0 Å². The molecule has 11 nitrogen and oxygen atoms in total. The number of esters is 1. The van der Waals surface area contributed by atoms with E-state index in [1.165, 1.54) is 9.42 Å². The van der Waals surface area contributed by atoms with E-state index in [1.54, 1.807) is 0 Å². The van der Waals surface area contributed by atoms with Crippen LogP contribution in [0.15, 0.2) is 30.3 Å². The number of amides is 1. The monoisotopic (exact) mass is 556 g/mol. The molecule has 5 rings (SSSR count). The molecule has 0 bridgehead atoms. The molecule has 39 heavy (non-hydrogen) atoms. The molecule has 12 heteroatoms. The molecule has 1 aliphatic carbocycles. The van der Waals surface area contributed by atoms with Gasteiger partial charge in [-0.1, -0.05) is 51.1 Å². The third-order valence-electron chi connectivity index (χ3n) is 7.28. The number of morpholine rings is 1. The van der Waals surface area contributed by atoms with Crippen molar-refractivity contribution in [1.29, 1.82) is 0 Å². The molecule has 0 radical (unpaired) electrons. The van der Waals surface area contributed by atoms with Gasteiger partial charge in [-0.15, -0.1) is 0 Å². The second-order valence-electron chi connectivity index (χ2n) is 10.3. The van der Waals surface area contributed by atoms with E-state index in [4.69, 9.17) is 36.2 Å². The van der Waals surface area contributed by atoms with Crippen molar-refractivity contribution in [2.24, 2.45) is 17.8 Å². The maximum atomic E-state index is 13.8. The predicted octanol–water partition coefficient (Wildman–Crippen LogP) is 4.66. The van der Waals surface area contributed by atoms with Gasteiger partial charge in [0, 0.05) is 18.7 Å². The van der Waals surface area contributed by atoms with Gasteiger partial charge in [0.2, 0.25) is 5.55 Å². The van der Waals surface area contributed by atoms with Crippen LogP contribution in [0.25, 0.3) is 17.0 Å². The molecule has 1 saturated heterocycles. The largest absolute Gasteiger partial charge is 0.458 e. The number of aromatic amines is 1. The van der Waals surface area contributed by atoms with E-state index < -0.39 is 12.1 Å². The number of carbonyl (C=O) groups excluding carboxylic acids is 2. The van der Waals surface area contributed by atoms with Crippen LogP contribution < -0.4 is 9.62 Å². The van der Waals surface area contributed by atoms with E-state index in [-0.39, 0.29) is 40.8 Å². The summed E-state index contributed by atoms with van der Waals surface area (Å²) in [7, 11) is 0. The summed E-state index contributed by atoms with van der Waals surface area (Å²) in [5, 5.41) is 3.11.